The Labute approximate surface area is 90.0 Å². The first kappa shape index (κ1) is 41.3. The first-order valence-corrected chi connectivity index (χ1v) is 0. The Morgan fingerprint density at radius 3 is 0.600 bits per heavy atom. The molecule has 5 heteroatoms. The average molecular weight is 556 g/mol. The van der Waals surface area contributed by atoms with Crippen molar-refractivity contribution in [1.82, 2.24) is 0 Å². The van der Waals surface area contributed by atoms with Crippen molar-refractivity contribution in [3.8, 4) is 0 Å². The summed E-state index contributed by atoms with van der Waals surface area (Å²) in [5.41, 5.74) is 0. The molecule has 0 saturated carbocycles. The fourth-order valence-corrected chi connectivity index (χ4v) is 0. The minimum atomic E-state index is 0. The van der Waals surface area contributed by atoms with Crippen LogP contribution in [0.1, 0.15) is 0 Å². The molecular formula is H6P2SeTl2. The second-order valence-corrected chi connectivity index (χ2v) is 0. The summed E-state index contributed by atoms with van der Waals surface area (Å²) in [5, 5.41) is 0. The molecule has 0 aliphatic rings. The van der Waals surface area contributed by atoms with Crippen LogP contribution in [0.4, 0.5) is 0 Å². The summed E-state index contributed by atoms with van der Waals surface area (Å²) in [6.45, 7) is 0. The minimum Gasteiger partial charge on any atom is -2.00 e. The summed E-state index contributed by atoms with van der Waals surface area (Å²) >= 11 is 0. The van der Waals surface area contributed by atoms with Gasteiger partial charge in [0, 0.05) is 0 Å². The third kappa shape index (κ3) is 19.0. The molecule has 0 aromatic heterocycles. The molecule has 0 radical (unpaired) electrons. The average Bonchev–Trinajstić information content (AvgIpc) is 0. The maximum atomic E-state index is 0. The molecular weight excluding hydrogens is 550 g/mol. The first-order valence-electron chi connectivity index (χ1n) is 0. The zero-order valence-electron chi connectivity index (χ0n) is 2.98. The van der Waals surface area contributed by atoms with Gasteiger partial charge in [-0.25, -0.2) is 0 Å². The van der Waals surface area contributed by atoms with Crippen molar-refractivity contribution in [3.63, 3.8) is 0 Å². The molecule has 0 aliphatic carbocycles. The molecule has 0 aromatic carbocycles. The Morgan fingerprint density at radius 1 is 0.600 bits per heavy atom. The molecule has 0 rings (SSSR count). The Bertz CT molecular complexity index is 7.61. The third-order valence-electron chi connectivity index (χ3n) is 0. The standard InChI is InChI=1S/2H3P.Se.2Tl/h2*1H3;;;/q;;-2;2*+1. The van der Waals surface area contributed by atoms with Gasteiger partial charge in [-0.3, -0.25) is 0 Å². The maximum Gasteiger partial charge on any atom is 1.00 e. The second-order valence-electron chi connectivity index (χ2n) is 0. The van der Waals surface area contributed by atoms with Crippen LogP contribution in [-0.4, -0.2) is 71.7 Å². The van der Waals surface area contributed by atoms with Crippen LogP contribution in [0.2, 0.25) is 0 Å². The Kier molecular flexibility index (Phi) is 222. The molecule has 0 aliphatic heterocycles. The first-order chi connectivity index (χ1) is 0. The molecule has 2 atom stereocenters. The van der Waals surface area contributed by atoms with Gasteiger partial charge in [-0.05, 0) is 0 Å². The van der Waals surface area contributed by atoms with Gasteiger partial charge in [0.15, 0.2) is 0 Å². The maximum absolute atomic E-state index is 0. The van der Waals surface area contributed by atoms with Gasteiger partial charge in [-0.15, -0.1) is 0 Å². The Morgan fingerprint density at radius 2 is 0.600 bits per heavy atom. The van der Waals surface area contributed by atoms with E-state index in [-0.39, 0.29) is 91.5 Å². The van der Waals surface area contributed by atoms with E-state index < -0.39 is 0 Å². The summed E-state index contributed by atoms with van der Waals surface area (Å²) < 4.78 is 0. The molecule has 0 nitrogen and oxygen atoms in total. The van der Waals surface area contributed by atoms with E-state index in [0.717, 1.165) is 0 Å². The van der Waals surface area contributed by atoms with Gasteiger partial charge in [0.05, 0.1) is 0 Å². The van der Waals surface area contributed by atoms with E-state index in [1.165, 1.54) is 0 Å². The van der Waals surface area contributed by atoms with Crippen LogP contribution in [-0.2, 0) is 0 Å². The number of rotatable bonds is 0. The SMILES string of the molecule is P.P.[Se-2].[Tl+].[Tl+]. The molecule has 5 heavy (non-hydrogen) atoms. The van der Waals surface area contributed by atoms with Crippen molar-refractivity contribution >= 4 is 91.5 Å². The van der Waals surface area contributed by atoms with E-state index in [2.05, 4.69) is 0 Å². The molecule has 28 valence electrons. The van der Waals surface area contributed by atoms with Crippen molar-refractivity contribution in [3.05, 3.63) is 0 Å². The number of hydrogen-bond donors (Lipinski definition) is 0. The molecule has 0 bridgehead atoms. The van der Waals surface area contributed by atoms with E-state index in [4.69, 9.17) is 0 Å². The predicted octanol–water partition coefficient (Wildman–Crippen LogP) is -1.03. The predicted molar refractivity (Wildman–Crippen MR) is 39.5 cm³/mol. The van der Waals surface area contributed by atoms with Crippen molar-refractivity contribution in [1.29, 1.82) is 0 Å². The monoisotopic (exact) mass is 558 g/mol. The quantitative estimate of drug-likeness (QED) is 0.265. The van der Waals surface area contributed by atoms with Crippen LogP contribution < -0.4 is 0 Å². The van der Waals surface area contributed by atoms with E-state index in [1.54, 1.807) is 0 Å². The van der Waals surface area contributed by atoms with E-state index in [9.17, 15) is 0 Å². The second kappa shape index (κ2) is 26.9. The summed E-state index contributed by atoms with van der Waals surface area (Å²) in [7, 11) is 0. The van der Waals surface area contributed by atoms with Crippen LogP contribution in [0.3, 0.4) is 0 Å². The summed E-state index contributed by atoms with van der Waals surface area (Å²) in [6.07, 6.45) is 0. The Hall–Kier alpha value is 3.22. The molecule has 0 amide bonds. The van der Waals surface area contributed by atoms with Crippen molar-refractivity contribution in [2.75, 3.05) is 0 Å². The zero-order chi connectivity index (χ0) is 0. The normalized spacial score (nSPS) is 0. The van der Waals surface area contributed by atoms with Gasteiger partial charge in [-0.1, -0.05) is 0 Å². The van der Waals surface area contributed by atoms with Crippen molar-refractivity contribution < 1.29 is 0 Å². The van der Waals surface area contributed by atoms with Crippen LogP contribution in [0.15, 0.2) is 0 Å². The zero-order valence-corrected chi connectivity index (χ0v) is 16.5. The van der Waals surface area contributed by atoms with Crippen LogP contribution in [0.25, 0.3) is 0 Å². The van der Waals surface area contributed by atoms with Gasteiger partial charge in [0.1, 0.15) is 0 Å². The molecule has 0 N–H and O–H groups in total. The largest absolute Gasteiger partial charge is 2.00 e. The third-order valence-corrected chi connectivity index (χ3v) is 0. The fraction of sp³-hybridized carbons (Fsp3) is 0. The van der Waals surface area contributed by atoms with E-state index in [1.807, 2.05) is 0 Å². The molecule has 0 saturated heterocycles. The number of hydrogen-bond acceptors (Lipinski definition) is 0. The van der Waals surface area contributed by atoms with Gasteiger partial charge in [0.25, 0.3) is 0 Å². The summed E-state index contributed by atoms with van der Waals surface area (Å²) in [5.74, 6) is 0. The van der Waals surface area contributed by atoms with Gasteiger partial charge >= 0.3 is 54.6 Å². The minimum absolute atomic E-state index is 0. The molecule has 0 heterocycles. The van der Waals surface area contributed by atoms with E-state index in [0.29, 0.717) is 0 Å². The topological polar surface area (TPSA) is 0 Å². The van der Waals surface area contributed by atoms with Crippen molar-refractivity contribution in [2.24, 2.45) is 0 Å². The van der Waals surface area contributed by atoms with Crippen LogP contribution in [0.5, 0.6) is 0 Å². The van der Waals surface area contributed by atoms with E-state index >= 15 is 0 Å². The molecule has 0 aromatic rings. The molecule has 0 spiro atoms. The fourth-order valence-electron chi connectivity index (χ4n) is 0. The van der Waals surface area contributed by atoms with Crippen LogP contribution in [0, 0.1) is 0 Å². The Balaban J connectivity index is 0. The van der Waals surface area contributed by atoms with Crippen molar-refractivity contribution in [2.45, 2.75) is 0 Å². The van der Waals surface area contributed by atoms with Gasteiger partial charge in [0.2, 0.25) is 0 Å². The molecule has 2 unspecified atom stereocenters. The summed E-state index contributed by atoms with van der Waals surface area (Å²) in [6, 6.07) is 0. The van der Waals surface area contributed by atoms with Crippen LogP contribution >= 0.6 is 19.8 Å². The van der Waals surface area contributed by atoms with Gasteiger partial charge < -0.3 is 17.1 Å². The van der Waals surface area contributed by atoms with Gasteiger partial charge in [-0.2, -0.15) is 19.8 Å². The molecule has 0 fully saturated rings. The summed E-state index contributed by atoms with van der Waals surface area (Å²) in [4.78, 5) is 0. The smallest absolute Gasteiger partial charge is 1.00 e.